The summed E-state index contributed by atoms with van der Waals surface area (Å²) in [6.07, 6.45) is 0. The molecule has 0 bridgehead atoms. The van der Waals surface area contributed by atoms with Crippen molar-refractivity contribution in [3.8, 4) is 5.75 Å². The van der Waals surface area contributed by atoms with Gasteiger partial charge in [-0.25, -0.2) is 0 Å². The van der Waals surface area contributed by atoms with Crippen molar-refractivity contribution in [1.82, 2.24) is 0 Å². The molecule has 0 saturated heterocycles. The van der Waals surface area contributed by atoms with Crippen molar-refractivity contribution >= 4 is 24.4 Å². The van der Waals surface area contributed by atoms with E-state index >= 15 is 0 Å². The minimum Gasteiger partial charge on any atom is -0.496 e. The zero-order valence-corrected chi connectivity index (χ0v) is 10.5. The Morgan fingerprint density at radius 2 is 1.93 bits per heavy atom. The zero-order chi connectivity index (χ0) is 10.6. The lowest BCUT2D eigenvalue weighted by molar-refractivity contribution is 0.404. The van der Waals surface area contributed by atoms with Gasteiger partial charge in [-0.05, 0) is 42.9 Å². The second-order valence-corrected chi connectivity index (χ2v) is 4.74. The number of thiol groups is 1. The minimum absolute atomic E-state index is 0.890. The first-order valence-electron chi connectivity index (χ1n) is 4.58. The van der Waals surface area contributed by atoms with Crippen LogP contribution in [0.2, 0.25) is 0 Å². The Kier molecular flexibility index (Phi) is 4.69. The lowest BCUT2D eigenvalue weighted by Crippen LogP contribution is -1.91. The van der Waals surface area contributed by atoms with Crippen molar-refractivity contribution < 1.29 is 4.74 Å². The van der Waals surface area contributed by atoms with E-state index in [-0.39, 0.29) is 0 Å². The lowest BCUT2D eigenvalue weighted by atomic mass is 10.1. The molecule has 3 heteroatoms. The van der Waals surface area contributed by atoms with Gasteiger partial charge in [-0.2, -0.15) is 12.6 Å². The van der Waals surface area contributed by atoms with Crippen LogP contribution in [0.25, 0.3) is 0 Å². The molecule has 78 valence electrons. The maximum absolute atomic E-state index is 5.33. The fourth-order valence-electron chi connectivity index (χ4n) is 1.19. The fourth-order valence-corrected chi connectivity index (χ4v) is 2.32. The van der Waals surface area contributed by atoms with Crippen molar-refractivity contribution in [1.29, 1.82) is 0 Å². The highest BCUT2D eigenvalue weighted by atomic mass is 32.2. The average Bonchev–Trinajstić information content (AvgIpc) is 2.19. The highest BCUT2D eigenvalue weighted by molar-refractivity contribution is 8.00. The number of hydrogen-bond donors (Lipinski definition) is 1. The second-order valence-electron chi connectivity index (χ2n) is 3.16. The summed E-state index contributed by atoms with van der Waals surface area (Å²) in [6.45, 7) is 4.23. The van der Waals surface area contributed by atoms with Gasteiger partial charge < -0.3 is 4.74 Å². The molecule has 0 radical (unpaired) electrons. The lowest BCUT2D eigenvalue weighted by Gasteiger charge is -2.10. The Labute approximate surface area is 95.6 Å². The first kappa shape index (κ1) is 11.8. The molecule has 0 spiro atoms. The normalized spacial score (nSPS) is 10.3. The quantitative estimate of drug-likeness (QED) is 0.625. The van der Waals surface area contributed by atoms with Gasteiger partial charge in [-0.1, -0.05) is 0 Å². The summed E-state index contributed by atoms with van der Waals surface area (Å²) in [5.74, 6) is 2.88. The van der Waals surface area contributed by atoms with E-state index in [4.69, 9.17) is 4.74 Å². The number of methoxy groups -OCH3 is 1. The molecule has 14 heavy (non-hydrogen) atoms. The summed E-state index contributed by atoms with van der Waals surface area (Å²) in [7, 11) is 1.72. The molecule has 0 aromatic heterocycles. The molecule has 0 saturated carbocycles. The van der Waals surface area contributed by atoms with Crippen LogP contribution in [0.15, 0.2) is 17.0 Å². The number of rotatable bonds is 4. The molecule has 0 aliphatic heterocycles. The van der Waals surface area contributed by atoms with Gasteiger partial charge in [-0.3, -0.25) is 0 Å². The van der Waals surface area contributed by atoms with E-state index in [0.29, 0.717) is 0 Å². The van der Waals surface area contributed by atoms with Crippen molar-refractivity contribution in [2.24, 2.45) is 0 Å². The molecule has 0 amide bonds. The van der Waals surface area contributed by atoms with Gasteiger partial charge in [0.15, 0.2) is 0 Å². The van der Waals surface area contributed by atoms with E-state index < -0.39 is 0 Å². The van der Waals surface area contributed by atoms with Crippen LogP contribution in [0.3, 0.4) is 0 Å². The van der Waals surface area contributed by atoms with E-state index in [0.717, 1.165) is 17.3 Å². The van der Waals surface area contributed by atoms with E-state index in [2.05, 4.69) is 38.6 Å². The Balaban J connectivity index is 2.95. The van der Waals surface area contributed by atoms with Gasteiger partial charge >= 0.3 is 0 Å². The molecule has 1 rings (SSSR count). The van der Waals surface area contributed by atoms with Gasteiger partial charge in [0, 0.05) is 10.6 Å². The van der Waals surface area contributed by atoms with Crippen LogP contribution in [0.1, 0.15) is 11.1 Å². The first-order chi connectivity index (χ1) is 6.69. The highest BCUT2D eigenvalue weighted by Crippen LogP contribution is 2.31. The van der Waals surface area contributed by atoms with Crippen LogP contribution in [0.5, 0.6) is 5.75 Å². The van der Waals surface area contributed by atoms with Crippen molar-refractivity contribution in [3.63, 3.8) is 0 Å². The molecule has 1 nitrogen and oxygen atoms in total. The minimum atomic E-state index is 0.890. The maximum Gasteiger partial charge on any atom is 0.132 e. The number of ether oxygens (including phenoxy) is 1. The maximum atomic E-state index is 5.33. The first-order valence-corrected chi connectivity index (χ1v) is 6.19. The molecule has 1 aromatic carbocycles. The van der Waals surface area contributed by atoms with Gasteiger partial charge in [-0.15, -0.1) is 11.8 Å². The van der Waals surface area contributed by atoms with E-state index in [1.807, 2.05) is 0 Å². The topological polar surface area (TPSA) is 9.23 Å². The zero-order valence-electron chi connectivity index (χ0n) is 8.83. The Morgan fingerprint density at radius 1 is 1.29 bits per heavy atom. The molecule has 0 aliphatic rings. The fraction of sp³-hybridized carbons (Fsp3) is 0.455. The monoisotopic (exact) mass is 228 g/mol. The van der Waals surface area contributed by atoms with Crippen molar-refractivity contribution in [3.05, 3.63) is 23.3 Å². The van der Waals surface area contributed by atoms with Crippen LogP contribution in [-0.4, -0.2) is 18.6 Å². The van der Waals surface area contributed by atoms with Crippen molar-refractivity contribution in [2.45, 2.75) is 18.7 Å². The molecule has 0 atom stereocenters. The summed E-state index contributed by atoms with van der Waals surface area (Å²) in [5, 5.41) is 0. The van der Waals surface area contributed by atoms with Crippen LogP contribution in [-0.2, 0) is 0 Å². The van der Waals surface area contributed by atoms with Gasteiger partial charge in [0.2, 0.25) is 0 Å². The predicted octanol–water partition coefficient (Wildman–Crippen LogP) is 3.33. The summed E-state index contributed by atoms with van der Waals surface area (Å²) in [6, 6.07) is 4.28. The smallest absolute Gasteiger partial charge is 0.132 e. The summed E-state index contributed by atoms with van der Waals surface area (Å²) in [5.41, 5.74) is 2.59. The Hall–Kier alpha value is -0.280. The van der Waals surface area contributed by atoms with Crippen LogP contribution < -0.4 is 4.74 Å². The summed E-state index contributed by atoms with van der Waals surface area (Å²) in [4.78, 5) is 1.21. The predicted molar refractivity (Wildman–Crippen MR) is 67.0 cm³/mol. The van der Waals surface area contributed by atoms with Crippen LogP contribution in [0.4, 0.5) is 0 Å². The van der Waals surface area contributed by atoms with E-state index in [1.54, 1.807) is 18.9 Å². The van der Waals surface area contributed by atoms with Gasteiger partial charge in [0.25, 0.3) is 0 Å². The van der Waals surface area contributed by atoms with Gasteiger partial charge in [0.1, 0.15) is 5.75 Å². The van der Waals surface area contributed by atoms with Crippen molar-refractivity contribution in [2.75, 3.05) is 18.6 Å². The standard InChI is InChI=1S/C11H16OS2/c1-8-6-10(12-3)11(7-9(8)2)14-5-4-13/h6-7,13H,4-5H2,1-3H3. The molecule has 0 unspecified atom stereocenters. The SMILES string of the molecule is COc1cc(C)c(C)cc1SCCS. The summed E-state index contributed by atoms with van der Waals surface area (Å²) < 4.78 is 5.33. The Morgan fingerprint density at radius 3 is 2.50 bits per heavy atom. The molecule has 0 aliphatic carbocycles. The molecule has 0 N–H and O–H groups in total. The third-order valence-corrected chi connectivity index (χ3v) is 3.69. The average molecular weight is 228 g/mol. The van der Waals surface area contributed by atoms with Crippen LogP contribution >= 0.6 is 24.4 Å². The van der Waals surface area contributed by atoms with Crippen LogP contribution in [0, 0.1) is 13.8 Å². The molecule has 1 aromatic rings. The number of aryl methyl sites for hydroxylation is 2. The van der Waals surface area contributed by atoms with E-state index in [1.165, 1.54) is 16.0 Å². The van der Waals surface area contributed by atoms with Gasteiger partial charge in [0.05, 0.1) is 7.11 Å². The molecule has 0 fully saturated rings. The van der Waals surface area contributed by atoms with E-state index in [9.17, 15) is 0 Å². The summed E-state index contributed by atoms with van der Waals surface area (Å²) >= 11 is 5.99. The molecular weight excluding hydrogens is 212 g/mol. The third kappa shape index (κ3) is 2.85. The highest BCUT2D eigenvalue weighted by Gasteiger charge is 2.05. The third-order valence-electron chi connectivity index (χ3n) is 2.13. The molecule has 0 heterocycles. The number of benzene rings is 1. The number of thioether (sulfide) groups is 1. The number of hydrogen-bond acceptors (Lipinski definition) is 3. The largest absolute Gasteiger partial charge is 0.496 e. The second kappa shape index (κ2) is 5.56. The Bertz CT molecular complexity index is 310. The molecular formula is C11H16OS2.